The number of hydrogen-bond donors (Lipinski definition) is 6. The largest absolute Gasteiger partial charge is 0.465 e. The Morgan fingerprint density at radius 2 is 1.50 bits per heavy atom. The average Bonchev–Trinajstić information content (AvgIpc) is 3.04. The Bertz CT molecular complexity index is 1710. The van der Waals surface area contributed by atoms with Crippen LogP contribution in [0.25, 0.3) is 0 Å². The van der Waals surface area contributed by atoms with Gasteiger partial charge in [0.2, 0.25) is 21.8 Å². The second-order valence-electron chi connectivity index (χ2n) is 12.2. The average molecular weight is 681 g/mol. The van der Waals surface area contributed by atoms with Gasteiger partial charge in [0.25, 0.3) is 0 Å². The lowest BCUT2D eigenvalue weighted by molar-refractivity contribution is -0.131. The van der Waals surface area contributed by atoms with E-state index in [2.05, 4.69) is 15.4 Å². The molecule has 0 spiro atoms. The van der Waals surface area contributed by atoms with Crippen molar-refractivity contribution in [3.05, 3.63) is 106 Å². The molecule has 0 aliphatic carbocycles. The van der Waals surface area contributed by atoms with E-state index >= 15 is 0 Å². The summed E-state index contributed by atoms with van der Waals surface area (Å²) in [6.07, 6.45) is 0.0919. The van der Waals surface area contributed by atoms with E-state index in [1.54, 1.807) is 57.2 Å². The van der Waals surface area contributed by atoms with Crippen LogP contribution in [0.3, 0.4) is 0 Å². The lowest BCUT2D eigenvalue weighted by Gasteiger charge is -2.26. The molecule has 258 valence electrons. The fourth-order valence-corrected chi connectivity index (χ4v) is 5.91. The second kappa shape index (κ2) is 17.0. The number of nitrogens with one attached hydrogen (secondary N) is 4. The summed E-state index contributed by atoms with van der Waals surface area (Å²) in [5.41, 5.74) is 14.0. The maximum atomic E-state index is 13.8. The zero-order valence-electron chi connectivity index (χ0n) is 27.5. The number of hydrogen-bond acceptors (Lipinski definition) is 9. The minimum atomic E-state index is -4.16. The molecule has 3 aromatic rings. The Kier molecular flexibility index (Phi) is 13.4. The van der Waals surface area contributed by atoms with Gasteiger partial charge in [-0.25, -0.2) is 17.9 Å². The number of rotatable bonds is 16. The number of carbonyl (C=O) groups excluding carboxylic acids is 3. The Morgan fingerprint density at radius 3 is 2.12 bits per heavy atom. The van der Waals surface area contributed by atoms with Gasteiger partial charge < -0.3 is 31.6 Å². The van der Waals surface area contributed by atoms with Crippen LogP contribution in [0.1, 0.15) is 58.9 Å². The van der Waals surface area contributed by atoms with E-state index in [1.807, 2.05) is 12.1 Å². The van der Waals surface area contributed by atoms with Crippen LogP contribution in [0, 0.1) is 5.41 Å². The van der Waals surface area contributed by atoms with Crippen LogP contribution in [0.15, 0.2) is 72.8 Å². The minimum absolute atomic E-state index is 0.0802. The molecule has 0 bridgehead atoms. The van der Waals surface area contributed by atoms with Crippen LogP contribution < -0.4 is 26.8 Å². The van der Waals surface area contributed by atoms with Gasteiger partial charge in [-0.15, -0.1) is 0 Å². The number of nitrogen functional groups attached to an aromatic ring is 1. The van der Waals surface area contributed by atoms with Crippen LogP contribution in [-0.2, 0) is 54.3 Å². The summed E-state index contributed by atoms with van der Waals surface area (Å²) >= 11 is 0. The van der Waals surface area contributed by atoms with E-state index in [1.165, 1.54) is 31.4 Å². The van der Waals surface area contributed by atoms with Crippen LogP contribution in [0.2, 0.25) is 0 Å². The molecule has 8 N–H and O–H groups in total. The molecule has 2 amide bonds. The van der Waals surface area contributed by atoms with Crippen molar-refractivity contribution >= 4 is 33.6 Å². The Morgan fingerprint density at radius 1 is 0.854 bits per heavy atom. The fourth-order valence-electron chi connectivity index (χ4n) is 4.60. The highest BCUT2D eigenvalue weighted by molar-refractivity contribution is 7.88. The summed E-state index contributed by atoms with van der Waals surface area (Å²) in [7, 11) is -2.93. The summed E-state index contributed by atoms with van der Waals surface area (Å²) < 4.78 is 39.6. The van der Waals surface area contributed by atoms with E-state index in [0.717, 1.165) is 16.7 Å². The topological polar surface area (TPSA) is 216 Å². The summed E-state index contributed by atoms with van der Waals surface area (Å²) in [6.45, 7) is 5.37. The molecule has 3 rings (SSSR count). The van der Waals surface area contributed by atoms with E-state index in [9.17, 15) is 22.8 Å². The third-order valence-corrected chi connectivity index (χ3v) is 8.41. The molecule has 0 aliphatic rings. The third kappa shape index (κ3) is 12.2. The number of carbonyl (C=O) groups is 3. The van der Waals surface area contributed by atoms with Crippen molar-refractivity contribution in [2.45, 2.75) is 63.7 Å². The third-order valence-electron chi connectivity index (χ3n) is 7.06. The Labute approximate surface area is 281 Å². The molecular weight excluding hydrogens is 636 g/mol. The number of amides is 2. The molecule has 0 fully saturated rings. The first-order valence-corrected chi connectivity index (χ1v) is 16.8. The molecule has 14 heteroatoms. The quantitative estimate of drug-likeness (QED) is 0.0739. The maximum Gasteiger partial charge on any atom is 0.337 e. The van der Waals surface area contributed by atoms with Gasteiger partial charge in [0, 0.05) is 25.1 Å². The molecule has 48 heavy (non-hydrogen) atoms. The maximum absolute atomic E-state index is 13.8. The number of sulfonamides is 1. The molecule has 0 aromatic heterocycles. The van der Waals surface area contributed by atoms with Gasteiger partial charge in [-0.3, -0.25) is 15.0 Å². The van der Waals surface area contributed by atoms with E-state index < -0.39 is 51.2 Å². The van der Waals surface area contributed by atoms with Crippen molar-refractivity contribution in [1.82, 2.24) is 15.4 Å². The SMILES string of the molecule is COC(=O)c1cccc(CS(=O)(=O)NC(COC(C)(C)C)C(=O)NC(Cc2cccc(CN)c2)C(=O)NCc2ccc(C(=N)N)cc2)c1. The molecule has 0 radical (unpaired) electrons. The molecule has 13 nitrogen and oxygen atoms in total. The number of benzene rings is 3. The molecule has 0 heterocycles. The Hall–Kier alpha value is -4.63. The van der Waals surface area contributed by atoms with Crippen molar-refractivity contribution in [1.29, 1.82) is 5.41 Å². The van der Waals surface area contributed by atoms with Gasteiger partial charge in [0.05, 0.1) is 30.6 Å². The van der Waals surface area contributed by atoms with Gasteiger partial charge in [-0.1, -0.05) is 60.7 Å². The summed E-state index contributed by atoms with van der Waals surface area (Å²) in [5.74, 6) is -2.51. The fraction of sp³-hybridized carbons (Fsp3) is 0.353. The van der Waals surface area contributed by atoms with Crippen molar-refractivity contribution < 1.29 is 32.3 Å². The van der Waals surface area contributed by atoms with Gasteiger partial charge in [-0.2, -0.15) is 0 Å². The van der Waals surface area contributed by atoms with Crippen LogP contribution in [0.5, 0.6) is 0 Å². The van der Waals surface area contributed by atoms with Gasteiger partial charge >= 0.3 is 5.97 Å². The van der Waals surface area contributed by atoms with Crippen molar-refractivity contribution in [2.75, 3.05) is 13.7 Å². The zero-order valence-corrected chi connectivity index (χ0v) is 28.4. The number of amidine groups is 1. The van der Waals surface area contributed by atoms with Crippen LogP contribution >= 0.6 is 0 Å². The smallest absolute Gasteiger partial charge is 0.337 e. The number of methoxy groups -OCH3 is 1. The highest BCUT2D eigenvalue weighted by atomic mass is 32.2. The van der Waals surface area contributed by atoms with Gasteiger partial charge in [-0.05, 0) is 55.2 Å². The number of ether oxygens (including phenoxy) is 2. The highest BCUT2D eigenvalue weighted by Crippen LogP contribution is 2.14. The van der Waals surface area contributed by atoms with E-state index in [4.69, 9.17) is 26.4 Å². The van der Waals surface area contributed by atoms with Crippen LogP contribution in [0.4, 0.5) is 0 Å². The normalized spacial score (nSPS) is 12.9. The molecular formula is C34H44N6O7S. The lowest BCUT2D eigenvalue weighted by atomic mass is 10.0. The molecule has 2 atom stereocenters. The van der Waals surface area contributed by atoms with Crippen molar-refractivity contribution in [2.24, 2.45) is 11.5 Å². The highest BCUT2D eigenvalue weighted by Gasteiger charge is 2.31. The van der Waals surface area contributed by atoms with Crippen LogP contribution in [-0.4, -0.2) is 63.4 Å². The summed E-state index contributed by atoms with van der Waals surface area (Å²) in [6, 6.07) is 17.5. The monoisotopic (exact) mass is 680 g/mol. The Balaban J connectivity index is 1.84. The summed E-state index contributed by atoms with van der Waals surface area (Å²) in [4.78, 5) is 39.3. The van der Waals surface area contributed by atoms with Crippen molar-refractivity contribution in [3.8, 4) is 0 Å². The van der Waals surface area contributed by atoms with Crippen molar-refractivity contribution in [3.63, 3.8) is 0 Å². The number of esters is 1. The van der Waals surface area contributed by atoms with Gasteiger partial charge in [0.15, 0.2) is 0 Å². The molecule has 2 unspecified atom stereocenters. The predicted molar refractivity (Wildman–Crippen MR) is 182 cm³/mol. The predicted octanol–water partition coefficient (Wildman–Crippen LogP) is 1.86. The molecule has 0 aliphatic heterocycles. The van der Waals surface area contributed by atoms with E-state index in [0.29, 0.717) is 11.1 Å². The standard InChI is InChI=1S/C34H44N6O7S/c1-34(2,3)47-20-29(40-48(44,45)21-25-9-6-10-27(16-25)33(43)46-4)32(42)39-28(17-23-7-5-8-24(15-23)18-35)31(41)38-19-22-11-13-26(14-12-22)30(36)37/h5-16,28-29,40H,17-21,35H2,1-4H3,(H3,36,37)(H,38,41)(H,39,42). The van der Waals surface area contributed by atoms with Gasteiger partial charge in [0.1, 0.15) is 17.9 Å². The number of nitrogens with two attached hydrogens (primary N) is 2. The zero-order chi connectivity index (χ0) is 35.5. The van der Waals surface area contributed by atoms with E-state index in [-0.39, 0.29) is 37.5 Å². The first kappa shape index (κ1) is 37.8. The first-order valence-electron chi connectivity index (χ1n) is 15.2. The lowest BCUT2D eigenvalue weighted by Crippen LogP contribution is -2.56. The molecule has 3 aromatic carbocycles. The summed E-state index contributed by atoms with van der Waals surface area (Å²) in [5, 5.41) is 13.1. The first-order chi connectivity index (χ1) is 22.6. The minimum Gasteiger partial charge on any atom is -0.465 e. The second-order valence-corrected chi connectivity index (χ2v) is 13.9. The molecule has 0 saturated heterocycles. The molecule has 0 saturated carbocycles.